The molecule has 2 amide bonds. The molecule has 1 aromatic heterocycles. The van der Waals surface area contributed by atoms with Gasteiger partial charge in [-0.15, -0.1) is 23.2 Å². The van der Waals surface area contributed by atoms with E-state index in [2.05, 4.69) is 21.1 Å². The maximum Gasteiger partial charge on any atom is 0.337 e. The highest BCUT2D eigenvalue weighted by Crippen LogP contribution is 2.33. The first-order chi connectivity index (χ1) is 17.6. The predicted octanol–water partition coefficient (Wildman–Crippen LogP) is 6.34. The number of nitrogens with zero attached hydrogens (tertiary/aromatic N) is 2. The Bertz CT molecular complexity index is 1310. The number of hydrazine groups is 1. The van der Waals surface area contributed by atoms with E-state index < -0.39 is 6.03 Å². The van der Waals surface area contributed by atoms with Crippen LogP contribution in [0.1, 0.15) is 0 Å². The van der Waals surface area contributed by atoms with Crippen LogP contribution in [-0.2, 0) is 0 Å². The molecule has 0 aliphatic heterocycles. The number of nitrogens with one attached hydrogen (secondary N) is 3. The highest BCUT2D eigenvalue weighted by atomic mass is 35.5. The molecule has 0 aliphatic carbocycles. The second-order valence-corrected chi connectivity index (χ2v) is 8.64. The van der Waals surface area contributed by atoms with E-state index in [0.717, 1.165) is 33.6 Å². The van der Waals surface area contributed by atoms with Gasteiger partial charge in [-0.2, -0.15) is 0 Å². The summed E-state index contributed by atoms with van der Waals surface area (Å²) in [6.45, 7) is 1.39. The molecule has 186 valence electrons. The molecule has 0 spiro atoms. The van der Waals surface area contributed by atoms with Crippen molar-refractivity contribution in [3.05, 3.63) is 78.9 Å². The number of alkyl halides is 2. The number of hydrogen-bond donors (Lipinski definition) is 3. The zero-order valence-electron chi connectivity index (χ0n) is 19.8. The monoisotopic (exact) mass is 523 g/mol. The van der Waals surface area contributed by atoms with E-state index in [0.29, 0.717) is 36.2 Å². The number of pyridine rings is 1. The van der Waals surface area contributed by atoms with Crippen molar-refractivity contribution in [1.82, 2.24) is 10.4 Å². The quantitative estimate of drug-likeness (QED) is 0.167. The van der Waals surface area contributed by atoms with Gasteiger partial charge in [0, 0.05) is 47.2 Å². The Hall–Kier alpha value is -3.68. The summed E-state index contributed by atoms with van der Waals surface area (Å²) in [6.07, 6.45) is 0. The fourth-order valence-electron chi connectivity index (χ4n) is 3.89. The number of anilines is 3. The summed E-state index contributed by atoms with van der Waals surface area (Å²) >= 11 is 11.8. The Morgan fingerprint density at radius 2 is 1.64 bits per heavy atom. The molecule has 0 saturated carbocycles. The van der Waals surface area contributed by atoms with Crippen LogP contribution in [0.3, 0.4) is 0 Å². The molecule has 0 fully saturated rings. The SMILES string of the molecule is COc1ccccc1-c1cc(NNC(=O)Nc2ccc(N(CCCl)CCCl)cc2)c2ccccc2n1. The number of carbonyl (C=O) groups is 1. The molecule has 36 heavy (non-hydrogen) atoms. The minimum atomic E-state index is -0.402. The van der Waals surface area contributed by atoms with Crippen molar-refractivity contribution in [2.45, 2.75) is 0 Å². The van der Waals surface area contributed by atoms with E-state index in [1.54, 1.807) is 7.11 Å². The first-order valence-corrected chi connectivity index (χ1v) is 12.5. The van der Waals surface area contributed by atoms with Crippen LogP contribution in [0.25, 0.3) is 22.2 Å². The molecular formula is C27H27Cl2N5O2. The number of ether oxygens (including phenoxy) is 1. The van der Waals surface area contributed by atoms with E-state index >= 15 is 0 Å². The Morgan fingerprint density at radius 1 is 0.944 bits per heavy atom. The van der Waals surface area contributed by atoms with Crippen molar-refractivity contribution in [3.8, 4) is 17.0 Å². The lowest BCUT2D eigenvalue weighted by Crippen LogP contribution is -2.33. The summed E-state index contributed by atoms with van der Waals surface area (Å²) in [5.74, 6) is 1.73. The molecule has 3 aromatic carbocycles. The van der Waals surface area contributed by atoms with Crippen molar-refractivity contribution < 1.29 is 9.53 Å². The molecule has 1 heterocycles. The molecule has 3 N–H and O–H groups in total. The number of para-hydroxylation sites is 2. The number of methoxy groups -OCH3 is 1. The van der Waals surface area contributed by atoms with Gasteiger partial charge in [0.05, 0.1) is 24.0 Å². The Balaban J connectivity index is 1.49. The van der Waals surface area contributed by atoms with Crippen molar-refractivity contribution in [1.29, 1.82) is 0 Å². The largest absolute Gasteiger partial charge is 0.496 e. The first-order valence-electron chi connectivity index (χ1n) is 11.5. The summed E-state index contributed by atoms with van der Waals surface area (Å²) in [4.78, 5) is 19.5. The molecule has 4 rings (SSSR count). The van der Waals surface area contributed by atoms with Crippen LogP contribution >= 0.6 is 23.2 Å². The molecule has 0 atom stereocenters. The van der Waals surface area contributed by atoms with Crippen LogP contribution in [0, 0.1) is 0 Å². The molecule has 0 saturated heterocycles. The molecule has 0 radical (unpaired) electrons. The highest BCUT2D eigenvalue weighted by molar-refractivity contribution is 6.18. The normalized spacial score (nSPS) is 10.6. The maximum absolute atomic E-state index is 12.6. The van der Waals surface area contributed by atoms with Gasteiger partial charge in [0.1, 0.15) is 5.75 Å². The number of fused-ring (bicyclic) bond motifs is 1. The molecule has 0 unspecified atom stereocenters. The van der Waals surface area contributed by atoms with Gasteiger partial charge in [-0.25, -0.2) is 9.78 Å². The van der Waals surface area contributed by atoms with E-state index in [1.165, 1.54) is 0 Å². The van der Waals surface area contributed by atoms with E-state index in [-0.39, 0.29) is 0 Å². The Morgan fingerprint density at radius 3 is 2.36 bits per heavy atom. The molecule has 4 aromatic rings. The van der Waals surface area contributed by atoms with Gasteiger partial charge in [0.15, 0.2) is 0 Å². The first kappa shape index (κ1) is 25.4. The summed E-state index contributed by atoms with van der Waals surface area (Å²) in [5.41, 5.74) is 10.5. The van der Waals surface area contributed by atoms with Crippen LogP contribution in [0.4, 0.5) is 21.9 Å². The summed E-state index contributed by atoms with van der Waals surface area (Å²) in [7, 11) is 1.63. The highest BCUT2D eigenvalue weighted by Gasteiger charge is 2.12. The zero-order chi connectivity index (χ0) is 25.3. The minimum Gasteiger partial charge on any atom is -0.496 e. The standard InChI is InChI=1S/C27H27Cl2N5O2/c1-36-26-9-5-3-7-22(26)24-18-25(21-6-2-4-8-23(21)31-24)32-33-27(35)30-19-10-12-20(13-11-19)34(16-14-28)17-15-29/h2-13,18H,14-17H2,1H3,(H,31,32)(H2,30,33,35). The third kappa shape index (κ3) is 6.11. The predicted molar refractivity (Wildman–Crippen MR) is 150 cm³/mol. The number of aromatic nitrogens is 1. The van der Waals surface area contributed by atoms with Crippen LogP contribution in [0.2, 0.25) is 0 Å². The summed E-state index contributed by atoms with van der Waals surface area (Å²) in [6, 6.07) is 24.4. The van der Waals surface area contributed by atoms with Gasteiger partial charge < -0.3 is 15.0 Å². The number of rotatable bonds is 10. The van der Waals surface area contributed by atoms with Crippen LogP contribution in [0.15, 0.2) is 78.9 Å². The van der Waals surface area contributed by atoms with Crippen molar-refractivity contribution in [2.75, 3.05) is 47.6 Å². The smallest absolute Gasteiger partial charge is 0.337 e. The van der Waals surface area contributed by atoms with E-state index in [4.69, 9.17) is 32.9 Å². The van der Waals surface area contributed by atoms with Gasteiger partial charge in [0.25, 0.3) is 0 Å². The van der Waals surface area contributed by atoms with Crippen LogP contribution < -0.4 is 25.8 Å². The van der Waals surface area contributed by atoms with Crippen molar-refractivity contribution in [2.24, 2.45) is 0 Å². The summed E-state index contributed by atoms with van der Waals surface area (Å²) in [5, 5.41) is 3.71. The lowest BCUT2D eigenvalue weighted by atomic mass is 10.1. The molecular weight excluding hydrogens is 497 g/mol. The third-order valence-corrected chi connectivity index (χ3v) is 5.95. The Labute approximate surface area is 220 Å². The average Bonchev–Trinajstić information content (AvgIpc) is 2.92. The number of hydrogen-bond acceptors (Lipinski definition) is 5. The number of benzene rings is 3. The molecule has 7 nitrogen and oxygen atoms in total. The fraction of sp³-hybridized carbons (Fsp3) is 0.185. The van der Waals surface area contributed by atoms with Gasteiger partial charge in [-0.05, 0) is 48.5 Å². The maximum atomic E-state index is 12.6. The lowest BCUT2D eigenvalue weighted by Gasteiger charge is -2.23. The van der Waals surface area contributed by atoms with Crippen LogP contribution in [0.5, 0.6) is 5.75 Å². The van der Waals surface area contributed by atoms with E-state index in [1.807, 2.05) is 78.9 Å². The number of halogens is 2. The number of urea groups is 1. The second-order valence-electron chi connectivity index (χ2n) is 7.89. The van der Waals surface area contributed by atoms with Gasteiger partial charge in [-0.3, -0.25) is 10.9 Å². The molecule has 0 aliphatic rings. The number of amides is 2. The number of carbonyl (C=O) groups excluding carboxylic acids is 1. The third-order valence-electron chi connectivity index (χ3n) is 5.61. The van der Waals surface area contributed by atoms with Gasteiger partial charge >= 0.3 is 6.03 Å². The second kappa shape index (κ2) is 12.3. The van der Waals surface area contributed by atoms with E-state index in [9.17, 15) is 4.79 Å². The minimum absolute atomic E-state index is 0.402. The Kier molecular flexibility index (Phi) is 8.71. The molecule has 0 bridgehead atoms. The van der Waals surface area contributed by atoms with Gasteiger partial charge in [-0.1, -0.05) is 30.3 Å². The molecule has 9 heteroatoms. The zero-order valence-corrected chi connectivity index (χ0v) is 21.3. The fourth-order valence-corrected chi connectivity index (χ4v) is 4.30. The van der Waals surface area contributed by atoms with Gasteiger partial charge in [0.2, 0.25) is 0 Å². The van der Waals surface area contributed by atoms with Crippen molar-refractivity contribution in [3.63, 3.8) is 0 Å². The van der Waals surface area contributed by atoms with Crippen LogP contribution in [-0.4, -0.2) is 43.0 Å². The van der Waals surface area contributed by atoms with Crippen molar-refractivity contribution >= 4 is 57.2 Å². The summed E-state index contributed by atoms with van der Waals surface area (Å²) < 4.78 is 5.51. The lowest BCUT2D eigenvalue weighted by molar-refractivity contribution is 0.254. The average molecular weight is 524 g/mol. The topological polar surface area (TPSA) is 78.5 Å².